The predicted molar refractivity (Wildman–Crippen MR) is 539 cm³/mol. The maximum absolute atomic E-state index is 13.1. The van der Waals surface area contributed by atoms with Gasteiger partial charge in [-0.05, 0) is 72.5 Å². The molecule has 1 aromatic carbocycles. The summed E-state index contributed by atoms with van der Waals surface area (Å²) in [6.45, 7) is 7.04. The number of ether oxygens (including phenoxy) is 10. The van der Waals surface area contributed by atoms with Crippen molar-refractivity contribution in [2.45, 2.75) is 533 Å². The number of rotatable bonds is 88. The van der Waals surface area contributed by atoms with Gasteiger partial charge < -0.3 is 88.0 Å². The number of unbranched alkanes of at least 4 members (excludes halogenated alkanes) is 56. The molecule has 1 amide bonds. The zero-order valence-corrected chi connectivity index (χ0v) is 87.3. The number of aliphatic hydroxyl groups excluding tert-OH is 4. The van der Waals surface area contributed by atoms with Gasteiger partial charge in [0, 0.05) is 47.9 Å². The van der Waals surface area contributed by atoms with Crippen LogP contribution < -0.4 is 11.1 Å². The highest BCUT2D eigenvalue weighted by molar-refractivity contribution is 14.1. The van der Waals surface area contributed by atoms with Gasteiger partial charge in [-0.15, -0.1) is 0 Å². The quantitative estimate of drug-likeness (QED) is 0.0116. The highest BCUT2D eigenvalue weighted by Gasteiger charge is 2.50. The van der Waals surface area contributed by atoms with Crippen molar-refractivity contribution in [3.63, 3.8) is 0 Å². The Morgan fingerprint density at radius 1 is 0.353 bits per heavy atom. The van der Waals surface area contributed by atoms with Gasteiger partial charge in [0.2, 0.25) is 0 Å². The molecule has 2 saturated heterocycles. The molecule has 796 valence electrons. The van der Waals surface area contributed by atoms with Gasteiger partial charge in [-0.25, -0.2) is 16.8 Å². The van der Waals surface area contributed by atoms with Gasteiger partial charge in [-0.3, -0.25) is 33.6 Å². The number of halogens is 1. The number of carbonyl (C=O) groups is 7. The van der Waals surface area contributed by atoms with Crippen molar-refractivity contribution in [2.75, 3.05) is 51.0 Å². The summed E-state index contributed by atoms with van der Waals surface area (Å²) >= 11 is 2.10. The topological polar surface area (TPSA) is 445 Å². The third-order valence-corrected chi connectivity index (χ3v) is 27.1. The Labute approximate surface area is 834 Å². The van der Waals surface area contributed by atoms with Crippen LogP contribution in [0.15, 0.2) is 24.3 Å². The average Bonchev–Trinajstić information content (AvgIpc) is 0.800. The van der Waals surface area contributed by atoms with Crippen molar-refractivity contribution < 1.29 is 127 Å². The molecule has 12 unspecified atom stereocenters. The average molecular weight is 2090 g/mol. The molecule has 0 aliphatic carbocycles. The van der Waals surface area contributed by atoms with Crippen LogP contribution in [0.25, 0.3) is 0 Å². The van der Waals surface area contributed by atoms with Gasteiger partial charge >= 0.3 is 35.8 Å². The molecule has 29 nitrogen and oxygen atoms in total. The first-order valence-corrected chi connectivity index (χ1v) is 57.3. The molecule has 136 heavy (non-hydrogen) atoms. The van der Waals surface area contributed by atoms with Crippen molar-refractivity contribution in [1.29, 1.82) is 0 Å². The van der Waals surface area contributed by atoms with Gasteiger partial charge in [0.1, 0.15) is 49.8 Å². The Morgan fingerprint density at radius 2 is 0.596 bits per heavy atom. The Kier molecular flexibility index (Phi) is 82.2. The van der Waals surface area contributed by atoms with Gasteiger partial charge in [0.05, 0.1) is 57.8 Å². The fourth-order valence-corrected chi connectivity index (χ4v) is 18.5. The van der Waals surface area contributed by atoms with E-state index in [1.165, 1.54) is 276 Å². The minimum Gasteiger partial charge on any atom is -0.748 e. The van der Waals surface area contributed by atoms with Gasteiger partial charge in [0.15, 0.2) is 37.0 Å². The van der Waals surface area contributed by atoms with Crippen LogP contribution in [-0.2, 0) is 96.4 Å². The summed E-state index contributed by atoms with van der Waals surface area (Å²) < 4.78 is 127. The summed E-state index contributed by atoms with van der Waals surface area (Å²) in [4.78, 5) is 89.0. The molecule has 1 aromatic rings. The molecule has 12 atom stereocenters. The van der Waals surface area contributed by atoms with E-state index >= 15 is 0 Å². The summed E-state index contributed by atoms with van der Waals surface area (Å²) in [6.07, 6.45) is 51.3. The number of benzene rings is 1. The van der Waals surface area contributed by atoms with E-state index in [0.29, 0.717) is 31.2 Å². The van der Waals surface area contributed by atoms with Crippen LogP contribution in [0.2, 0.25) is 0 Å². The van der Waals surface area contributed by atoms with E-state index in [2.05, 4.69) is 55.6 Å². The molecule has 0 aromatic heterocycles. The van der Waals surface area contributed by atoms with Crippen LogP contribution in [0.3, 0.4) is 0 Å². The first kappa shape index (κ1) is 130. The van der Waals surface area contributed by atoms with Gasteiger partial charge in [-0.1, -0.05) is 395 Å². The number of nitrogens with one attached hydrogen (secondary N) is 1. The van der Waals surface area contributed by atoms with Crippen LogP contribution in [0.5, 0.6) is 0 Å². The highest BCUT2D eigenvalue weighted by Crippen LogP contribution is 2.30. The van der Waals surface area contributed by atoms with E-state index in [1.54, 1.807) is 24.3 Å². The number of carbonyl (C=O) groups excluding carboxylic acids is 7. The third-order valence-electron chi connectivity index (χ3n) is 24.9. The first-order chi connectivity index (χ1) is 65.1. The van der Waals surface area contributed by atoms with E-state index in [0.717, 1.165) is 87.0 Å². The number of esters is 6. The second kappa shape index (κ2) is 86.2. The lowest BCUT2D eigenvalue weighted by Crippen LogP contribution is -2.61. The van der Waals surface area contributed by atoms with Crippen molar-refractivity contribution >= 4 is 84.6 Å². The van der Waals surface area contributed by atoms with Crippen LogP contribution in [-0.4, -0.2) is 213 Å². The minimum atomic E-state index is -5.03. The second-order valence-electron chi connectivity index (χ2n) is 37.5. The first-order valence-electron chi connectivity index (χ1n) is 53.1. The van der Waals surface area contributed by atoms with E-state index in [1.807, 2.05) is 0 Å². The van der Waals surface area contributed by atoms with Gasteiger partial charge in [0.25, 0.3) is 5.91 Å². The standard InChI is InChI=1S/C55H94INO14S.C48H91NO13S.CH4/c1-3-5-7-9-11-13-15-17-19-21-23-25-27-29-31-33-48(58)67-41-46(69-49(59)34-32-30-28-26-24-22-20-18-16-14-12-10-8-6-4-2)42-68-55-52(62)51(61)53(47(70-55)43-72(64,65)66)71-50(60)39-40-57-54(63)44-35-37-45(56)38-36-44;1-3-5-7-9-11-13-15-17-19-21-23-25-27-29-31-33-42(50)58-37-40(60-43(51)34-32-30-28-26-24-22-20-18-16-14-12-10-8-6-4-2)38-59-48-46(54)45(53)47(62-44(52)35-36-49)41(61-48)39-63(55,56)57;/h35-38,46-47,51-53,55,61-62H,3-34,39-43H2,1-2H3,(H,57,63)(H,64,65,66);40-41,45-48,53-54H,3-39,49H2,1-2H3,(H,55,56,57);1H4/p-2. The molecular weight excluding hydrogens is 1900 g/mol. The Morgan fingerprint density at radius 3 is 0.846 bits per heavy atom. The van der Waals surface area contributed by atoms with Gasteiger partial charge in [-0.2, -0.15) is 0 Å². The van der Waals surface area contributed by atoms with E-state index < -0.39 is 167 Å². The molecule has 2 heterocycles. The monoisotopic (exact) mass is 2090 g/mol. The zero-order chi connectivity index (χ0) is 99.1. The van der Waals surface area contributed by atoms with E-state index in [9.17, 15) is 79.9 Å². The molecule has 0 radical (unpaired) electrons. The maximum atomic E-state index is 13.1. The van der Waals surface area contributed by atoms with Crippen LogP contribution in [0.1, 0.15) is 469 Å². The number of hydrogen-bond acceptors (Lipinski definition) is 28. The molecule has 2 aliphatic heterocycles. The van der Waals surface area contributed by atoms with Crippen LogP contribution in [0, 0.1) is 3.57 Å². The summed E-state index contributed by atoms with van der Waals surface area (Å²) in [5.74, 6) is -6.75. The fraction of sp³-hybridized carbons (Fsp3) is 0.875. The Hall–Kier alpha value is -4.30. The van der Waals surface area contributed by atoms with Crippen LogP contribution in [0.4, 0.5) is 0 Å². The smallest absolute Gasteiger partial charge is 0.308 e. The molecular formula is C104H187IN2O27S2-2. The fourth-order valence-electron chi connectivity index (χ4n) is 16.8. The Bertz CT molecular complexity index is 3350. The number of amides is 1. The molecule has 2 fully saturated rings. The van der Waals surface area contributed by atoms with Crippen molar-refractivity contribution in [3.05, 3.63) is 33.4 Å². The summed E-state index contributed by atoms with van der Waals surface area (Å²) in [6, 6.07) is 6.71. The molecule has 7 N–H and O–H groups in total. The molecule has 0 saturated carbocycles. The molecule has 32 heteroatoms. The van der Waals surface area contributed by atoms with Crippen LogP contribution >= 0.6 is 22.6 Å². The molecule has 2 aliphatic rings. The third kappa shape index (κ3) is 72.0. The maximum Gasteiger partial charge on any atom is 0.308 e. The normalized spacial score (nSPS) is 18.8. The predicted octanol–water partition coefficient (Wildman–Crippen LogP) is 21.2. The highest BCUT2D eigenvalue weighted by atomic mass is 127. The number of nitrogens with two attached hydrogens (primary N) is 1. The van der Waals surface area contributed by atoms with E-state index in [-0.39, 0.29) is 65.8 Å². The minimum absolute atomic E-state index is 0. The SMILES string of the molecule is C.CCCCCCCCCCCCCCCCCC(=O)OCC(COC1OC(CS(=O)(=O)[O-])C(OC(=O)CCN)C(O)C1O)OC(=O)CCCCCCCCCCCCCCCCC.CCCCCCCCCCCCCCCCCC(=O)OCC(COC1OC(CS(=O)(=O)[O-])C(OC(=O)CCNC(=O)c2ccc(I)cc2)C(O)C1O)OC(=O)CCCCCCCCCCCCCCCCC. The lowest BCUT2D eigenvalue weighted by Gasteiger charge is -2.42. The molecule has 3 rings (SSSR count). The van der Waals surface area contributed by atoms with Crippen molar-refractivity contribution in [2.24, 2.45) is 5.73 Å². The number of aliphatic hydroxyl groups is 4. The molecule has 0 bridgehead atoms. The van der Waals surface area contributed by atoms with Crippen molar-refractivity contribution in [3.8, 4) is 0 Å². The summed E-state index contributed by atoms with van der Waals surface area (Å²) in [5, 5.41) is 46.3. The van der Waals surface area contributed by atoms with E-state index in [4.69, 9.17) is 53.1 Å². The Balaban J connectivity index is 0.00000136. The molecule has 0 spiro atoms. The summed E-state index contributed by atoms with van der Waals surface area (Å²) in [7, 11) is -9.98. The second-order valence-corrected chi connectivity index (χ2v) is 41.7. The lowest BCUT2D eigenvalue weighted by molar-refractivity contribution is -0.299. The zero-order valence-electron chi connectivity index (χ0n) is 83.5. The summed E-state index contributed by atoms with van der Waals surface area (Å²) in [5.41, 5.74) is 5.74. The number of hydrogen-bond donors (Lipinski definition) is 6. The van der Waals surface area contributed by atoms with Crippen molar-refractivity contribution in [1.82, 2.24) is 5.32 Å². The lowest BCUT2D eigenvalue weighted by atomic mass is 9.99. The largest absolute Gasteiger partial charge is 0.748 e.